The molecule has 1 atom stereocenters. The van der Waals surface area contributed by atoms with Gasteiger partial charge in [-0.05, 0) is 31.2 Å². The van der Waals surface area contributed by atoms with Gasteiger partial charge in [0, 0.05) is 16.7 Å². The third kappa shape index (κ3) is 3.95. The first-order valence-electron chi connectivity index (χ1n) is 8.04. The number of fused-ring (bicyclic) bond motifs is 1. The minimum atomic E-state index is -0.491. The molecule has 6 heteroatoms. The van der Waals surface area contributed by atoms with E-state index in [0.29, 0.717) is 22.4 Å². The summed E-state index contributed by atoms with van der Waals surface area (Å²) < 4.78 is 5.57. The van der Waals surface area contributed by atoms with Crippen LogP contribution < -0.4 is 10.7 Å². The molecule has 1 amide bonds. The van der Waals surface area contributed by atoms with Crippen molar-refractivity contribution in [2.75, 3.05) is 11.1 Å². The van der Waals surface area contributed by atoms with Gasteiger partial charge in [0.1, 0.15) is 5.58 Å². The molecule has 130 valence electrons. The predicted octanol–water partition coefficient (Wildman–Crippen LogP) is 4.30. The van der Waals surface area contributed by atoms with Gasteiger partial charge in [0.05, 0.1) is 23.1 Å². The Morgan fingerprint density at radius 2 is 1.96 bits per heavy atom. The second-order valence-corrected chi connectivity index (χ2v) is 6.82. The van der Waals surface area contributed by atoms with Crippen LogP contribution in [0.3, 0.4) is 0 Å². The van der Waals surface area contributed by atoms with E-state index >= 15 is 0 Å². The first-order valence-corrected chi connectivity index (χ1v) is 9.02. The fourth-order valence-electron chi connectivity index (χ4n) is 2.35. The van der Waals surface area contributed by atoms with E-state index in [4.69, 9.17) is 9.68 Å². The van der Waals surface area contributed by atoms with Gasteiger partial charge in [-0.25, -0.2) is 0 Å². The van der Waals surface area contributed by atoms with E-state index < -0.39 is 5.91 Å². The van der Waals surface area contributed by atoms with Crippen molar-refractivity contribution in [2.24, 2.45) is 5.92 Å². The minimum absolute atomic E-state index is 0.0427. The highest BCUT2D eigenvalue weighted by Crippen LogP contribution is 2.29. The van der Waals surface area contributed by atoms with Gasteiger partial charge in [-0.3, -0.25) is 9.59 Å². The fraction of sp³-hybridized carbons (Fsp3) is 0.150. The number of amides is 1. The van der Waals surface area contributed by atoms with Gasteiger partial charge in [0.2, 0.25) is 0 Å². The van der Waals surface area contributed by atoms with E-state index in [9.17, 15) is 9.59 Å². The third-order valence-corrected chi connectivity index (χ3v) is 5.04. The van der Waals surface area contributed by atoms with Crippen LogP contribution in [0, 0.1) is 17.2 Å². The smallest absolute Gasteiger partial charge is 0.291 e. The highest BCUT2D eigenvalue weighted by Gasteiger charge is 2.14. The summed E-state index contributed by atoms with van der Waals surface area (Å²) in [4.78, 5) is 25.6. The molecule has 3 rings (SSSR count). The van der Waals surface area contributed by atoms with Gasteiger partial charge in [-0.15, -0.1) is 11.8 Å². The van der Waals surface area contributed by atoms with Crippen LogP contribution >= 0.6 is 11.8 Å². The number of anilines is 1. The molecule has 0 fully saturated rings. The Balaban J connectivity index is 1.85. The zero-order valence-corrected chi connectivity index (χ0v) is 14.9. The highest BCUT2D eigenvalue weighted by molar-refractivity contribution is 7.99. The number of benzene rings is 2. The summed E-state index contributed by atoms with van der Waals surface area (Å²) in [6.45, 7) is 1.85. The molecule has 0 spiro atoms. The number of thioether (sulfide) groups is 1. The lowest BCUT2D eigenvalue weighted by atomic mass is 10.2. The van der Waals surface area contributed by atoms with Gasteiger partial charge < -0.3 is 9.73 Å². The SMILES string of the molecule is CC(C#N)CSc1ccccc1NC(=O)c1cc(=O)c2ccccc2o1. The quantitative estimate of drug-likeness (QED) is 0.683. The number of para-hydroxylation sites is 2. The van der Waals surface area contributed by atoms with E-state index in [-0.39, 0.29) is 17.1 Å². The molecule has 2 aromatic carbocycles. The average Bonchev–Trinajstić information content (AvgIpc) is 2.67. The van der Waals surface area contributed by atoms with Gasteiger partial charge in [0.15, 0.2) is 11.2 Å². The van der Waals surface area contributed by atoms with Gasteiger partial charge >= 0.3 is 0 Å². The van der Waals surface area contributed by atoms with Crippen LogP contribution in [0.15, 0.2) is 68.7 Å². The monoisotopic (exact) mass is 364 g/mol. The molecule has 0 radical (unpaired) electrons. The molecule has 0 saturated carbocycles. The van der Waals surface area contributed by atoms with Crippen molar-refractivity contribution >= 4 is 34.3 Å². The van der Waals surface area contributed by atoms with Gasteiger partial charge in [0.25, 0.3) is 5.91 Å². The van der Waals surface area contributed by atoms with Crippen molar-refractivity contribution in [1.82, 2.24) is 0 Å². The third-order valence-electron chi connectivity index (χ3n) is 3.70. The second kappa shape index (κ2) is 7.89. The molecule has 1 N–H and O–H groups in total. The molecule has 1 heterocycles. The van der Waals surface area contributed by atoms with Crippen LogP contribution in [-0.4, -0.2) is 11.7 Å². The van der Waals surface area contributed by atoms with Crippen molar-refractivity contribution < 1.29 is 9.21 Å². The van der Waals surface area contributed by atoms with Crippen LogP contribution in [-0.2, 0) is 0 Å². The molecule has 1 aromatic heterocycles. The van der Waals surface area contributed by atoms with Crippen molar-refractivity contribution in [1.29, 1.82) is 5.26 Å². The maximum atomic E-state index is 12.6. The first kappa shape index (κ1) is 17.8. The lowest BCUT2D eigenvalue weighted by molar-refractivity contribution is 0.0997. The number of carbonyl (C=O) groups excluding carboxylic acids is 1. The van der Waals surface area contributed by atoms with Crippen molar-refractivity contribution in [2.45, 2.75) is 11.8 Å². The maximum absolute atomic E-state index is 12.6. The molecular weight excluding hydrogens is 348 g/mol. The Labute approximate surface area is 154 Å². The molecule has 5 nitrogen and oxygen atoms in total. The summed E-state index contributed by atoms with van der Waals surface area (Å²) in [5.74, 6) is -0.00978. The number of hydrogen-bond donors (Lipinski definition) is 1. The maximum Gasteiger partial charge on any atom is 0.291 e. The van der Waals surface area contributed by atoms with E-state index in [0.717, 1.165) is 4.90 Å². The number of nitriles is 1. The van der Waals surface area contributed by atoms with Gasteiger partial charge in [-0.2, -0.15) is 5.26 Å². The predicted molar refractivity (Wildman–Crippen MR) is 102 cm³/mol. The summed E-state index contributed by atoms with van der Waals surface area (Å²) >= 11 is 1.49. The number of nitrogens with zero attached hydrogens (tertiary/aromatic N) is 1. The summed E-state index contributed by atoms with van der Waals surface area (Å²) in [5, 5.41) is 12.1. The molecule has 0 bridgehead atoms. The van der Waals surface area contributed by atoms with Crippen LogP contribution in [0.1, 0.15) is 17.5 Å². The largest absolute Gasteiger partial charge is 0.451 e. The van der Waals surface area contributed by atoms with Crippen LogP contribution in [0.4, 0.5) is 5.69 Å². The van der Waals surface area contributed by atoms with Crippen molar-refractivity contribution in [3.05, 3.63) is 70.6 Å². The Morgan fingerprint density at radius 1 is 1.23 bits per heavy atom. The Kier molecular flexibility index (Phi) is 5.40. The molecule has 3 aromatic rings. The minimum Gasteiger partial charge on any atom is -0.451 e. The second-order valence-electron chi connectivity index (χ2n) is 5.76. The number of carbonyl (C=O) groups is 1. The lowest BCUT2D eigenvalue weighted by Gasteiger charge is -2.11. The summed E-state index contributed by atoms with van der Waals surface area (Å²) in [6.07, 6.45) is 0. The molecule has 0 aliphatic rings. The normalized spacial score (nSPS) is 11.7. The fourth-order valence-corrected chi connectivity index (χ4v) is 3.30. The Bertz CT molecular complexity index is 1050. The molecule has 26 heavy (non-hydrogen) atoms. The number of hydrogen-bond acceptors (Lipinski definition) is 5. The number of rotatable bonds is 5. The number of nitrogens with one attached hydrogen (secondary N) is 1. The topological polar surface area (TPSA) is 83.1 Å². The average molecular weight is 364 g/mol. The van der Waals surface area contributed by atoms with Crippen molar-refractivity contribution in [3.63, 3.8) is 0 Å². The Morgan fingerprint density at radius 3 is 2.77 bits per heavy atom. The summed E-state index contributed by atoms with van der Waals surface area (Å²) in [6, 6.07) is 17.5. The molecule has 0 aliphatic carbocycles. The highest BCUT2D eigenvalue weighted by atomic mass is 32.2. The zero-order chi connectivity index (χ0) is 18.5. The van der Waals surface area contributed by atoms with E-state index in [1.165, 1.54) is 17.8 Å². The van der Waals surface area contributed by atoms with Crippen LogP contribution in [0.2, 0.25) is 0 Å². The van der Waals surface area contributed by atoms with Crippen LogP contribution in [0.5, 0.6) is 0 Å². The summed E-state index contributed by atoms with van der Waals surface area (Å²) in [5.41, 5.74) is 0.724. The standard InChI is InChI=1S/C20H16N2O3S/c1-13(11-21)12-26-19-9-5-3-7-15(19)22-20(24)18-10-16(23)14-6-2-4-8-17(14)25-18/h2-10,13H,12H2,1H3,(H,22,24). The molecule has 1 unspecified atom stereocenters. The van der Waals surface area contributed by atoms with E-state index in [1.54, 1.807) is 30.3 Å². The van der Waals surface area contributed by atoms with Crippen LogP contribution in [0.25, 0.3) is 11.0 Å². The zero-order valence-electron chi connectivity index (χ0n) is 14.1. The van der Waals surface area contributed by atoms with E-state index in [2.05, 4.69) is 11.4 Å². The van der Waals surface area contributed by atoms with Crippen molar-refractivity contribution in [3.8, 4) is 6.07 Å². The molecule has 0 aliphatic heterocycles. The molecular formula is C20H16N2O3S. The lowest BCUT2D eigenvalue weighted by Crippen LogP contribution is -2.15. The first-order chi connectivity index (χ1) is 12.6. The Hall–Kier alpha value is -3.04. The molecule has 0 saturated heterocycles. The van der Waals surface area contributed by atoms with E-state index in [1.807, 2.05) is 25.1 Å². The summed E-state index contributed by atoms with van der Waals surface area (Å²) in [7, 11) is 0. The van der Waals surface area contributed by atoms with Gasteiger partial charge in [-0.1, -0.05) is 24.3 Å².